The monoisotopic (exact) mass is 191 g/mol. The number of likely N-dealkylation sites (tertiary alicyclic amines) is 1. The van der Waals surface area contributed by atoms with E-state index in [9.17, 15) is 4.79 Å². The Kier molecular flexibility index (Phi) is 2.45. The van der Waals surface area contributed by atoms with Crippen molar-refractivity contribution in [2.45, 2.75) is 6.04 Å². The number of pyridine rings is 1. The average Bonchev–Trinajstić information content (AvgIpc) is 2.17. The topological polar surface area (TPSA) is 45.2 Å². The third-order valence-electron chi connectivity index (χ3n) is 2.50. The van der Waals surface area contributed by atoms with Crippen molar-refractivity contribution in [3.05, 3.63) is 30.1 Å². The molecule has 0 radical (unpaired) electrons. The van der Waals surface area contributed by atoms with Gasteiger partial charge in [0.25, 0.3) is 5.91 Å². The highest BCUT2D eigenvalue weighted by Gasteiger charge is 2.29. The van der Waals surface area contributed by atoms with Gasteiger partial charge in [-0.2, -0.15) is 0 Å². The molecule has 0 aliphatic carbocycles. The van der Waals surface area contributed by atoms with Crippen LogP contribution in [0.4, 0.5) is 0 Å². The van der Waals surface area contributed by atoms with Crippen LogP contribution >= 0.6 is 0 Å². The van der Waals surface area contributed by atoms with Crippen molar-refractivity contribution < 1.29 is 4.79 Å². The van der Waals surface area contributed by atoms with Gasteiger partial charge in [0.1, 0.15) is 0 Å². The largest absolute Gasteiger partial charge is 0.335 e. The van der Waals surface area contributed by atoms with E-state index in [1.165, 1.54) is 0 Å². The van der Waals surface area contributed by atoms with Crippen molar-refractivity contribution >= 4 is 5.91 Å². The second-order valence-electron chi connectivity index (χ2n) is 3.43. The third kappa shape index (κ3) is 1.61. The first kappa shape index (κ1) is 9.15. The number of carbonyl (C=O) groups excluding carboxylic acids is 1. The molecule has 0 bridgehead atoms. The lowest BCUT2D eigenvalue weighted by Gasteiger charge is -2.39. The Labute approximate surface area is 82.9 Å². The Bertz CT molecular complexity index is 319. The number of rotatable bonds is 2. The van der Waals surface area contributed by atoms with Crippen LogP contribution < -0.4 is 5.32 Å². The maximum Gasteiger partial charge on any atom is 0.254 e. The van der Waals surface area contributed by atoms with E-state index in [4.69, 9.17) is 0 Å². The summed E-state index contributed by atoms with van der Waals surface area (Å²) in [6, 6.07) is 3.95. The first-order valence-electron chi connectivity index (χ1n) is 4.68. The van der Waals surface area contributed by atoms with E-state index in [-0.39, 0.29) is 5.91 Å². The number of likely N-dealkylation sites (N-methyl/N-ethyl adjacent to an activating group) is 1. The van der Waals surface area contributed by atoms with Gasteiger partial charge < -0.3 is 10.2 Å². The van der Waals surface area contributed by atoms with Gasteiger partial charge in [-0.3, -0.25) is 9.78 Å². The highest BCUT2D eigenvalue weighted by Crippen LogP contribution is 2.12. The predicted molar refractivity (Wildman–Crippen MR) is 53.0 cm³/mol. The van der Waals surface area contributed by atoms with Gasteiger partial charge >= 0.3 is 0 Å². The maximum atomic E-state index is 11.8. The van der Waals surface area contributed by atoms with Gasteiger partial charge in [-0.05, 0) is 19.2 Å². The van der Waals surface area contributed by atoms with Crippen molar-refractivity contribution in [1.82, 2.24) is 15.2 Å². The molecule has 2 heterocycles. The van der Waals surface area contributed by atoms with Gasteiger partial charge in [0.05, 0.1) is 0 Å². The molecule has 0 atom stereocenters. The lowest BCUT2D eigenvalue weighted by atomic mass is 10.1. The minimum absolute atomic E-state index is 0.0962. The fraction of sp³-hybridized carbons (Fsp3) is 0.400. The van der Waals surface area contributed by atoms with Gasteiger partial charge in [0.2, 0.25) is 0 Å². The molecule has 0 spiro atoms. The molecule has 1 aromatic heterocycles. The molecule has 1 saturated heterocycles. The molecule has 1 fully saturated rings. The second kappa shape index (κ2) is 3.75. The smallest absolute Gasteiger partial charge is 0.254 e. The summed E-state index contributed by atoms with van der Waals surface area (Å²) in [4.78, 5) is 17.5. The van der Waals surface area contributed by atoms with E-state index in [0.29, 0.717) is 6.04 Å². The Hall–Kier alpha value is -1.42. The van der Waals surface area contributed by atoms with Crippen LogP contribution in [0, 0.1) is 0 Å². The molecule has 2 rings (SSSR count). The molecule has 0 saturated carbocycles. The van der Waals surface area contributed by atoms with E-state index >= 15 is 0 Å². The number of amides is 1. The maximum absolute atomic E-state index is 11.8. The molecule has 1 aliphatic heterocycles. The molecule has 4 nitrogen and oxygen atoms in total. The fourth-order valence-electron chi connectivity index (χ4n) is 1.50. The highest BCUT2D eigenvalue weighted by molar-refractivity contribution is 5.94. The van der Waals surface area contributed by atoms with Crippen LogP contribution in [0.25, 0.3) is 0 Å². The Morgan fingerprint density at radius 1 is 1.50 bits per heavy atom. The van der Waals surface area contributed by atoms with Crippen LogP contribution in [0.2, 0.25) is 0 Å². The summed E-state index contributed by atoms with van der Waals surface area (Å²) >= 11 is 0. The lowest BCUT2D eigenvalue weighted by molar-refractivity contribution is 0.0577. The quantitative estimate of drug-likeness (QED) is 0.722. The van der Waals surface area contributed by atoms with Gasteiger partial charge in [-0.1, -0.05) is 0 Å². The van der Waals surface area contributed by atoms with E-state index in [0.717, 1.165) is 18.7 Å². The molecule has 1 N–H and O–H groups in total. The molecule has 4 heteroatoms. The first-order valence-corrected chi connectivity index (χ1v) is 4.68. The standard InChI is InChI=1S/C10H13N3O/c1-11-9-6-13(7-9)10(14)8-2-4-12-5-3-8/h2-5,9,11H,6-7H2,1H3. The zero-order chi connectivity index (χ0) is 9.97. The summed E-state index contributed by atoms with van der Waals surface area (Å²) in [5.74, 6) is 0.0962. The van der Waals surface area contributed by atoms with Crippen LogP contribution in [0.1, 0.15) is 10.4 Å². The number of nitrogens with zero attached hydrogens (tertiary/aromatic N) is 2. The summed E-state index contributed by atoms with van der Waals surface area (Å²) in [7, 11) is 1.92. The van der Waals surface area contributed by atoms with Crippen LogP contribution in [0.15, 0.2) is 24.5 Å². The van der Waals surface area contributed by atoms with Crippen molar-refractivity contribution in [1.29, 1.82) is 0 Å². The Balaban J connectivity index is 1.98. The summed E-state index contributed by atoms with van der Waals surface area (Å²) < 4.78 is 0. The molecule has 1 aliphatic rings. The van der Waals surface area contributed by atoms with Crippen molar-refractivity contribution in [3.8, 4) is 0 Å². The average molecular weight is 191 g/mol. The SMILES string of the molecule is CNC1CN(C(=O)c2ccncc2)C1. The van der Waals surface area contributed by atoms with Crippen molar-refractivity contribution in [2.24, 2.45) is 0 Å². The second-order valence-corrected chi connectivity index (χ2v) is 3.43. The number of hydrogen-bond donors (Lipinski definition) is 1. The van der Waals surface area contributed by atoms with Gasteiger partial charge in [-0.15, -0.1) is 0 Å². The Morgan fingerprint density at radius 3 is 2.71 bits per heavy atom. The molecule has 1 amide bonds. The predicted octanol–water partition coefficient (Wildman–Crippen LogP) is 0.125. The molecule has 14 heavy (non-hydrogen) atoms. The van der Waals surface area contributed by atoms with Crippen LogP contribution in [-0.4, -0.2) is 42.0 Å². The highest BCUT2D eigenvalue weighted by atomic mass is 16.2. The van der Waals surface area contributed by atoms with Crippen molar-refractivity contribution in [3.63, 3.8) is 0 Å². The normalized spacial score (nSPS) is 16.5. The van der Waals surface area contributed by atoms with E-state index < -0.39 is 0 Å². The minimum atomic E-state index is 0.0962. The zero-order valence-corrected chi connectivity index (χ0v) is 8.10. The number of hydrogen-bond acceptors (Lipinski definition) is 3. The zero-order valence-electron chi connectivity index (χ0n) is 8.10. The number of nitrogens with one attached hydrogen (secondary N) is 1. The van der Waals surface area contributed by atoms with Gasteiger partial charge in [0.15, 0.2) is 0 Å². The summed E-state index contributed by atoms with van der Waals surface area (Å²) in [6.07, 6.45) is 3.28. The first-order chi connectivity index (χ1) is 6.81. The third-order valence-corrected chi connectivity index (χ3v) is 2.50. The summed E-state index contributed by atoms with van der Waals surface area (Å²) in [5, 5.41) is 3.13. The molecular formula is C10H13N3O. The van der Waals surface area contributed by atoms with Gasteiger partial charge in [-0.25, -0.2) is 0 Å². The van der Waals surface area contributed by atoms with E-state index in [1.54, 1.807) is 24.5 Å². The van der Waals surface area contributed by atoms with Crippen LogP contribution in [-0.2, 0) is 0 Å². The lowest BCUT2D eigenvalue weighted by Crippen LogP contribution is -2.58. The Morgan fingerprint density at radius 2 is 2.14 bits per heavy atom. The van der Waals surface area contributed by atoms with Crippen LogP contribution in [0.3, 0.4) is 0 Å². The van der Waals surface area contributed by atoms with Gasteiger partial charge in [0, 0.05) is 37.1 Å². The fourth-order valence-corrected chi connectivity index (χ4v) is 1.50. The van der Waals surface area contributed by atoms with E-state index in [1.807, 2.05) is 11.9 Å². The molecule has 0 unspecified atom stereocenters. The summed E-state index contributed by atoms with van der Waals surface area (Å²) in [5.41, 5.74) is 0.717. The number of carbonyl (C=O) groups is 1. The minimum Gasteiger partial charge on any atom is -0.335 e. The number of aromatic nitrogens is 1. The summed E-state index contributed by atoms with van der Waals surface area (Å²) in [6.45, 7) is 1.61. The molecule has 1 aromatic rings. The molecule has 74 valence electrons. The molecule has 0 aromatic carbocycles. The van der Waals surface area contributed by atoms with E-state index in [2.05, 4.69) is 10.3 Å². The molecular weight excluding hydrogens is 178 g/mol. The van der Waals surface area contributed by atoms with Crippen LogP contribution in [0.5, 0.6) is 0 Å². The van der Waals surface area contributed by atoms with Crippen molar-refractivity contribution in [2.75, 3.05) is 20.1 Å².